The second-order valence-corrected chi connectivity index (χ2v) is 14.6. The van der Waals surface area contributed by atoms with Crippen LogP contribution in [-0.2, 0) is 10.0 Å². The molecule has 1 saturated carbocycles. The van der Waals surface area contributed by atoms with Crippen LogP contribution in [0.2, 0.25) is 5.15 Å². The van der Waals surface area contributed by atoms with Gasteiger partial charge in [-0.05, 0) is 76.5 Å². The number of likely N-dealkylation sites (tertiary alicyclic amines) is 1. The number of halogens is 4. The molecule has 0 bridgehead atoms. The lowest BCUT2D eigenvalue weighted by Gasteiger charge is -2.28. The SMILES string of the molecule is CC1(C)C[C@H](CCCNc2ccnc(S(=O)(=O)NC(=O)c3ccc(-n4ccc(OCCC5(C(F)(F)F)CC5)n4)nc3Cl)c2)CN1C(=O)O. The topological polar surface area (TPSA) is 169 Å². The largest absolute Gasteiger partial charge is 0.477 e. The van der Waals surface area contributed by atoms with E-state index in [1.54, 1.807) is 6.07 Å². The van der Waals surface area contributed by atoms with Gasteiger partial charge in [0.15, 0.2) is 10.8 Å². The lowest BCUT2D eigenvalue weighted by molar-refractivity contribution is -0.190. The number of hydrogen-bond donors (Lipinski definition) is 3. The molecule has 2 amide bonds. The van der Waals surface area contributed by atoms with Gasteiger partial charge in [-0.1, -0.05) is 11.6 Å². The van der Waals surface area contributed by atoms with Crippen LogP contribution in [-0.4, -0.2) is 81.6 Å². The van der Waals surface area contributed by atoms with Crippen LogP contribution in [0.15, 0.2) is 47.8 Å². The molecule has 4 heterocycles. The Morgan fingerprint density at radius 2 is 1.94 bits per heavy atom. The minimum atomic E-state index is -4.40. The molecule has 3 aromatic heterocycles. The van der Waals surface area contributed by atoms with Gasteiger partial charge in [0.25, 0.3) is 15.9 Å². The van der Waals surface area contributed by atoms with Gasteiger partial charge in [0.1, 0.15) is 5.15 Å². The molecular formula is C30H35ClF3N7O6S. The van der Waals surface area contributed by atoms with Crippen molar-refractivity contribution < 1.29 is 41.0 Å². The number of carbonyl (C=O) groups is 2. The summed E-state index contributed by atoms with van der Waals surface area (Å²) in [6, 6.07) is 6.93. The van der Waals surface area contributed by atoms with Crippen molar-refractivity contribution in [1.82, 2.24) is 29.4 Å². The fraction of sp³-hybridized carbons (Fsp3) is 0.500. The van der Waals surface area contributed by atoms with E-state index in [-0.39, 0.29) is 54.2 Å². The summed E-state index contributed by atoms with van der Waals surface area (Å²) in [4.78, 5) is 33.8. The van der Waals surface area contributed by atoms with Gasteiger partial charge in [-0.2, -0.15) is 21.6 Å². The smallest absolute Gasteiger partial charge is 0.407 e. The number of nitrogens with zero attached hydrogens (tertiary/aromatic N) is 5. The molecule has 0 spiro atoms. The summed E-state index contributed by atoms with van der Waals surface area (Å²) in [5.74, 6) is -0.591. The van der Waals surface area contributed by atoms with E-state index in [2.05, 4.69) is 20.4 Å². The van der Waals surface area contributed by atoms with Crippen molar-refractivity contribution in [2.75, 3.05) is 25.0 Å². The molecular weight excluding hydrogens is 679 g/mol. The Balaban J connectivity index is 1.13. The third kappa shape index (κ3) is 7.94. The number of ether oxygens (including phenoxy) is 1. The quantitative estimate of drug-likeness (QED) is 0.152. The lowest BCUT2D eigenvalue weighted by Crippen LogP contribution is -2.41. The van der Waals surface area contributed by atoms with E-state index in [0.29, 0.717) is 18.8 Å². The van der Waals surface area contributed by atoms with Crippen LogP contribution in [0.5, 0.6) is 5.88 Å². The zero-order valence-electron chi connectivity index (χ0n) is 26.1. The van der Waals surface area contributed by atoms with Crippen molar-refractivity contribution in [3.63, 3.8) is 0 Å². The molecule has 5 rings (SSSR count). The first kappa shape index (κ1) is 35.2. The highest BCUT2D eigenvalue weighted by Crippen LogP contribution is 2.59. The number of rotatable bonds is 13. The van der Waals surface area contributed by atoms with Gasteiger partial charge >= 0.3 is 12.3 Å². The van der Waals surface area contributed by atoms with Crippen LogP contribution in [0.25, 0.3) is 5.82 Å². The Hall–Kier alpha value is -4.12. The van der Waals surface area contributed by atoms with E-state index in [0.717, 1.165) is 19.3 Å². The fourth-order valence-electron chi connectivity index (χ4n) is 5.85. The predicted octanol–water partition coefficient (Wildman–Crippen LogP) is 5.52. The van der Waals surface area contributed by atoms with Crippen molar-refractivity contribution in [3.8, 4) is 11.7 Å². The van der Waals surface area contributed by atoms with E-state index < -0.39 is 44.2 Å². The van der Waals surface area contributed by atoms with Crippen molar-refractivity contribution in [2.45, 2.75) is 69.1 Å². The van der Waals surface area contributed by atoms with E-state index in [1.165, 1.54) is 46.2 Å². The van der Waals surface area contributed by atoms with Crippen LogP contribution >= 0.6 is 11.6 Å². The zero-order chi connectivity index (χ0) is 34.9. The van der Waals surface area contributed by atoms with Crippen molar-refractivity contribution >= 4 is 39.3 Å². The number of pyridine rings is 2. The van der Waals surface area contributed by atoms with Gasteiger partial charge in [-0.3, -0.25) is 4.79 Å². The summed E-state index contributed by atoms with van der Waals surface area (Å²) in [7, 11) is -4.40. The zero-order valence-corrected chi connectivity index (χ0v) is 27.7. The minimum absolute atomic E-state index is 0.0768. The fourth-order valence-corrected chi connectivity index (χ4v) is 7.02. The minimum Gasteiger partial charge on any atom is -0.477 e. The number of carbonyl (C=O) groups excluding carboxylic acids is 1. The Morgan fingerprint density at radius 1 is 1.19 bits per heavy atom. The summed E-state index contributed by atoms with van der Waals surface area (Å²) in [6.45, 7) is 4.63. The summed E-state index contributed by atoms with van der Waals surface area (Å²) >= 11 is 6.22. The summed E-state index contributed by atoms with van der Waals surface area (Å²) < 4.78 is 74.0. The molecule has 2 fully saturated rings. The first-order chi connectivity index (χ1) is 22.5. The highest BCUT2D eigenvalue weighted by atomic mass is 35.5. The normalized spacial score (nSPS) is 18.4. The van der Waals surface area contributed by atoms with Crippen LogP contribution in [0, 0.1) is 11.3 Å². The highest BCUT2D eigenvalue weighted by Gasteiger charge is 2.62. The number of carboxylic acid groups (broad SMARTS) is 1. The number of aromatic nitrogens is 4. The van der Waals surface area contributed by atoms with Gasteiger partial charge in [-0.25, -0.2) is 24.2 Å². The standard InChI is InChI=1S/C30H35ClF3N7O6S/c1-28(2)17-19(18-40(28)27(43)44)4-3-12-35-20-7-13-36-24(16-20)48(45,46)39-26(42)21-5-6-22(37-25(21)31)41-14-8-23(38-41)47-15-11-29(9-10-29)30(32,33)34/h5-8,13-14,16,19H,3-4,9-12,15,17-18H2,1-2H3,(H,35,36)(H,39,42)(H,43,44)/t19-/m0/s1. The average Bonchev–Trinajstić information content (AvgIpc) is 3.55. The molecule has 0 radical (unpaired) electrons. The van der Waals surface area contributed by atoms with Crippen molar-refractivity contribution in [2.24, 2.45) is 11.3 Å². The van der Waals surface area contributed by atoms with E-state index in [1.807, 2.05) is 18.6 Å². The third-order valence-electron chi connectivity index (χ3n) is 8.71. The number of nitrogens with one attached hydrogen (secondary N) is 2. The van der Waals surface area contributed by atoms with E-state index in [9.17, 15) is 36.3 Å². The Bertz CT molecular complexity index is 1780. The molecule has 1 aliphatic carbocycles. The Labute approximate surface area is 279 Å². The molecule has 1 atom stereocenters. The molecule has 1 saturated heterocycles. The van der Waals surface area contributed by atoms with E-state index >= 15 is 0 Å². The van der Waals surface area contributed by atoms with Crippen molar-refractivity contribution in [3.05, 3.63) is 53.4 Å². The van der Waals surface area contributed by atoms with Crippen LogP contribution in [0.3, 0.4) is 0 Å². The summed E-state index contributed by atoms with van der Waals surface area (Å²) in [5.41, 5.74) is -1.87. The number of sulfonamides is 1. The van der Waals surface area contributed by atoms with Crippen LogP contribution < -0.4 is 14.8 Å². The van der Waals surface area contributed by atoms with Crippen LogP contribution in [0.4, 0.5) is 23.7 Å². The molecule has 2 aliphatic rings. The number of hydrogen-bond acceptors (Lipinski definition) is 9. The molecule has 13 nitrogen and oxygen atoms in total. The first-order valence-corrected chi connectivity index (χ1v) is 17.1. The van der Waals surface area contributed by atoms with Crippen molar-refractivity contribution in [1.29, 1.82) is 0 Å². The maximum absolute atomic E-state index is 13.1. The van der Waals surface area contributed by atoms with Gasteiger partial charge in [0, 0.05) is 48.8 Å². The summed E-state index contributed by atoms with van der Waals surface area (Å²) in [5, 5.41) is 16.0. The Morgan fingerprint density at radius 3 is 2.58 bits per heavy atom. The predicted molar refractivity (Wildman–Crippen MR) is 168 cm³/mol. The van der Waals surface area contributed by atoms with Gasteiger partial charge in [0.05, 0.1) is 17.6 Å². The number of anilines is 1. The first-order valence-electron chi connectivity index (χ1n) is 15.2. The molecule has 260 valence electrons. The third-order valence-corrected chi connectivity index (χ3v) is 10.2. The molecule has 48 heavy (non-hydrogen) atoms. The maximum Gasteiger partial charge on any atom is 0.407 e. The number of amides is 2. The lowest BCUT2D eigenvalue weighted by atomic mass is 9.93. The van der Waals surface area contributed by atoms with Crippen LogP contribution in [0.1, 0.15) is 62.7 Å². The molecule has 3 aromatic rings. The van der Waals surface area contributed by atoms with E-state index in [4.69, 9.17) is 16.3 Å². The molecule has 18 heteroatoms. The maximum atomic E-state index is 13.1. The molecule has 0 aromatic carbocycles. The molecule has 3 N–H and O–H groups in total. The molecule has 0 unspecified atom stereocenters. The number of alkyl halides is 3. The van der Waals surface area contributed by atoms with Gasteiger partial charge in [-0.15, -0.1) is 5.10 Å². The average molecular weight is 714 g/mol. The monoisotopic (exact) mass is 713 g/mol. The Kier molecular flexibility index (Phi) is 9.83. The second kappa shape index (κ2) is 13.4. The molecule has 1 aliphatic heterocycles. The van der Waals surface area contributed by atoms with Gasteiger partial charge in [0.2, 0.25) is 5.88 Å². The highest BCUT2D eigenvalue weighted by molar-refractivity contribution is 7.90. The van der Waals surface area contributed by atoms with Gasteiger partial charge < -0.3 is 20.1 Å². The summed E-state index contributed by atoms with van der Waals surface area (Å²) in [6.07, 6.45) is -0.200. The second-order valence-electron chi connectivity index (χ2n) is 12.6.